The van der Waals surface area contributed by atoms with Gasteiger partial charge < -0.3 is 10.4 Å². The smallest absolute Gasteiger partial charge is 0.310 e. The van der Waals surface area contributed by atoms with Crippen LogP contribution in [0.3, 0.4) is 0 Å². The van der Waals surface area contributed by atoms with Crippen molar-refractivity contribution in [2.75, 3.05) is 6.54 Å². The zero-order valence-electron chi connectivity index (χ0n) is 12.6. The number of carboxylic acids is 1. The maximum Gasteiger partial charge on any atom is 0.310 e. The molecule has 1 aromatic carbocycles. The molecular formula is C16H23NO3. The van der Waals surface area contributed by atoms with Gasteiger partial charge in [-0.15, -0.1) is 0 Å². The van der Waals surface area contributed by atoms with Gasteiger partial charge in [0.1, 0.15) is 0 Å². The van der Waals surface area contributed by atoms with E-state index in [9.17, 15) is 9.59 Å². The molecule has 0 fully saturated rings. The van der Waals surface area contributed by atoms with Gasteiger partial charge in [0.2, 0.25) is 5.91 Å². The van der Waals surface area contributed by atoms with Crippen molar-refractivity contribution in [3.8, 4) is 0 Å². The normalized spacial score (nSPS) is 12.8. The Morgan fingerprint density at radius 3 is 2.45 bits per heavy atom. The SMILES string of the molecule is Cc1ccccc1C(C)CC(=O)NCC(C)(C)C(=O)O. The lowest BCUT2D eigenvalue weighted by Crippen LogP contribution is -2.39. The van der Waals surface area contributed by atoms with Gasteiger partial charge >= 0.3 is 5.97 Å². The third-order valence-electron chi connectivity index (χ3n) is 3.52. The first-order valence-electron chi connectivity index (χ1n) is 6.79. The van der Waals surface area contributed by atoms with Crippen molar-refractivity contribution in [1.29, 1.82) is 0 Å². The number of carbonyl (C=O) groups excluding carboxylic acids is 1. The molecule has 0 saturated carbocycles. The Bertz CT molecular complexity index is 494. The molecule has 1 unspecified atom stereocenters. The van der Waals surface area contributed by atoms with Crippen LogP contribution in [-0.2, 0) is 9.59 Å². The van der Waals surface area contributed by atoms with Crippen molar-refractivity contribution in [3.05, 3.63) is 35.4 Å². The summed E-state index contributed by atoms with van der Waals surface area (Å²) in [5, 5.41) is 11.7. The Labute approximate surface area is 120 Å². The molecule has 0 spiro atoms. The molecule has 1 amide bonds. The summed E-state index contributed by atoms with van der Waals surface area (Å²) in [6.07, 6.45) is 0.362. The highest BCUT2D eigenvalue weighted by Crippen LogP contribution is 2.22. The number of hydrogen-bond donors (Lipinski definition) is 2. The third-order valence-corrected chi connectivity index (χ3v) is 3.52. The number of carbonyl (C=O) groups is 2. The number of nitrogens with one attached hydrogen (secondary N) is 1. The fourth-order valence-electron chi connectivity index (χ4n) is 2.00. The van der Waals surface area contributed by atoms with E-state index in [1.54, 1.807) is 13.8 Å². The molecule has 0 radical (unpaired) electrons. The number of benzene rings is 1. The first kappa shape index (κ1) is 16.2. The lowest BCUT2D eigenvalue weighted by Gasteiger charge is -2.20. The van der Waals surface area contributed by atoms with Crippen LogP contribution in [0.4, 0.5) is 0 Å². The summed E-state index contributed by atoms with van der Waals surface area (Å²) >= 11 is 0. The van der Waals surface area contributed by atoms with Crippen LogP contribution >= 0.6 is 0 Å². The summed E-state index contributed by atoms with van der Waals surface area (Å²) in [5.41, 5.74) is 1.38. The Morgan fingerprint density at radius 1 is 1.30 bits per heavy atom. The zero-order valence-corrected chi connectivity index (χ0v) is 12.6. The molecule has 1 atom stereocenters. The molecular weight excluding hydrogens is 254 g/mol. The number of hydrogen-bond acceptors (Lipinski definition) is 2. The second-order valence-corrected chi connectivity index (χ2v) is 5.93. The fraction of sp³-hybridized carbons (Fsp3) is 0.500. The van der Waals surface area contributed by atoms with Gasteiger partial charge in [0.05, 0.1) is 5.41 Å². The van der Waals surface area contributed by atoms with E-state index in [4.69, 9.17) is 5.11 Å². The lowest BCUT2D eigenvalue weighted by molar-refractivity contribution is -0.146. The van der Waals surface area contributed by atoms with Gasteiger partial charge in [-0.05, 0) is 37.8 Å². The van der Waals surface area contributed by atoms with E-state index in [1.807, 2.05) is 38.1 Å². The lowest BCUT2D eigenvalue weighted by atomic mass is 9.92. The maximum absolute atomic E-state index is 11.9. The highest BCUT2D eigenvalue weighted by atomic mass is 16.4. The van der Waals surface area contributed by atoms with Crippen molar-refractivity contribution >= 4 is 11.9 Å². The highest BCUT2D eigenvalue weighted by molar-refractivity contribution is 5.79. The van der Waals surface area contributed by atoms with E-state index in [0.29, 0.717) is 6.42 Å². The van der Waals surface area contributed by atoms with Gasteiger partial charge in [-0.1, -0.05) is 31.2 Å². The van der Waals surface area contributed by atoms with Crippen LogP contribution in [-0.4, -0.2) is 23.5 Å². The Kier molecular flexibility index (Phi) is 5.31. The molecule has 0 heterocycles. The average molecular weight is 277 g/mol. The summed E-state index contributed by atoms with van der Waals surface area (Å²) in [5.74, 6) is -0.913. The Morgan fingerprint density at radius 2 is 1.90 bits per heavy atom. The van der Waals surface area contributed by atoms with E-state index in [-0.39, 0.29) is 18.4 Å². The molecule has 2 N–H and O–H groups in total. The van der Waals surface area contributed by atoms with Gasteiger partial charge in [-0.3, -0.25) is 9.59 Å². The molecule has 0 saturated heterocycles. The molecule has 0 bridgehead atoms. The van der Waals surface area contributed by atoms with E-state index < -0.39 is 11.4 Å². The third kappa shape index (κ3) is 4.37. The monoisotopic (exact) mass is 277 g/mol. The highest BCUT2D eigenvalue weighted by Gasteiger charge is 2.27. The van der Waals surface area contributed by atoms with Crippen molar-refractivity contribution in [1.82, 2.24) is 5.32 Å². The molecule has 0 aromatic heterocycles. The number of rotatable bonds is 6. The molecule has 0 aliphatic carbocycles. The van der Waals surface area contributed by atoms with Crippen molar-refractivity contribution in [3.63, 3.8) is 0 Å². The van der Waals surface area contributed by atoms with E-state index >= 15 is 0 Å². The van der Waals surface area contributed by atoms with E-state index in [1.165, 1.54) is 5.56 Å². The van der Waals surface area contributed by atoms with Gasteiger partial charge in [0.15, 0.2) is 0 Å². The summed E-state index contributed by atoms with van der Waals surface area (Å²) < 4.78 is 0. The zero-order chi connectivity index (χ0) is 15.3. The van der Waals surface area contributed by atoms with E-state index in [0.717, 1.165) is 5.56 Å². The van der Waals surface area contributed by atoms with Gasteiger partial charge in [-0.2, -0.15) is 0 Å². The Hall–Kier alpha value is -1.84. The van der Waals surface area contributed by atoms with Gasteiger partial charge in [0, 0.05) is 13.0 Å². The van der Waals surface area contributed by atoms with Crippen molar-refractivity contribution < 1.29 is 14.7 Å². The summed E-state index contributed by atoms with van der Waals surface area (Å²) in [6, 6.07) is 7.98. The molecule has 0 aliphatic rings. The first-order chi connectivity index (χ1) is 9.24. The largest absolute Gasteiger partial charge is 0.481 e. The molecule has 4 heteroatoms. The molecule has 110 valence electrons. The van der Waals surface area contributed by atoms with Crippen LogP contribution in [0.25, 0.3) is 0 Å². The topological polar surface area (TPSA) is 66.4 Å². The van der Waals surface area contributed by atoms with Crippen LogP contribution < -0.4 is 5.32 Å². The molecule has 20 heavy (non-hydrogen) atoms. The van der Waals surface area contributed by atoms with Crippen LogP contribution in [0.15, 0.2) is 24.3 Å². The minimum Gasteiger partial charge on any atom is -0.481 e. The number of aliphatic carboxylic acids is 1. The molecule has 0 aliphatic heterocycles. The summed E-state index contributed by atoms with van der Waals surface area (Å²) in [6.45, 7) is 7.37. The van der Waals surface area contributed by atoms with Crippen molar-refractivity contribution in [2.24, 2.45) is 5.41 Å². The minimum atomic E-state index is -0.943. The summed E-state index contributed by atoms with van der Waals surface area (Å²) in [4.78, 5) is 22.9. The first-order valence-corrected chi connectivity index (χ1v) is 6.79. The summed E-state index contributed by atoms with van der Waals surface area (Å²) in [7, 11) is 0. The van der Waals surface area contributed by atoms with Gasteiger partial charge in [0.25, 0.3) is 0 Å². The second-order valence-electron chi connectivity index (χ2n) is 5.93. The predicted molar refractivity (Wildman–Crippen MR) is 78.6 cm³/mol. The van der Waals surface area contributed by atoms with Crippen molar-refractivity contribution in [2.45, 2.75) is 40.0 Å². The molecule has 1 rings (SSSR count). The molecule has 4 nitrogen and oxygen atoms in total. The number of amides is 1. The Balaban J connectivity index is 2.55. The van der Waals surface area contributed by atoms with Crippen LogP contribution in [0, 0.1) is 12.3 Å². The predicted octanol–water partition coefficient (Wildman–Crippen LogP) is 2.72. The molecule has 1 aromatic rings. The maximum atomic E-state index is 11.9. The van der Waals surface area contributed by atoms with E-state index in [2.05, 4.69) is 5.32 Å². The number of aryl methyl sites for hydroxylation is 1. The average Bonchev–Trinajstić information content (AvgIpc) is 2.36. The minimum absolute atomic E-state index is 0.115. The fourth-order valence-corrected chi connectivity index (χ4v) is 2.00. The number of carboxylic acid groups (broad SMARTS) is 1. The van der Waals surface area contributed by atoms with Crippen LogP contribution in [0.2, 0.25) is 0 Å². The quantitative estimate of drug-likeness (QED) is 0.840. The second kappa shape index (κ2) is 6.55. The van der Waals surface area contributed by atoms with Crippen LogP contribution in [0.5, 0.6) is 0 Å². The standard InChI is InChI=1S/C16H23NO3/c1-11-7-5-6-8-13(11)12(2)9-14(18)17-10-16(3,4)15(19)20/h5-8,12H,9-10H2,1-4H3,(H,17,18)(H,19,20). The van der Waals surface area contributed by atoms with Crippen LogP contribution in [0.1, 0.15) is 44.2 Å². The van der Waals surface area contributed by atoms with Gasteiger partial charge in [-0.25, -0.2) is 0 Å².